The van der Waals surface area contributed by atoms with Crippen LogP contribution < -0.4 is 0 Å². The quantitative estimate of drug-likeness (QED) is 0.613. The molecule has 2 aromatic rings. The number of thioether (sulfide) groups is 1. The third-order valence-electron chi connectivity index (χ3n) is 1.99. The van der Waals surface area contributed by atoms with Gasteiger partial charge in [0, 0.05) is 9.37 Å². The largest absolute Gasteiger partial charge is 0.338 e. The van der Waals surface area contributed by atoms with Crippen molar-refractivity contribution < 1.29 is 4.52 Å². The van der Waals surface area contributed by atoms with Crippen molar-refractivity contribution in [2.45, 2.75) is 22.9 Å². The summed E-state index contributed by atoms with van der Waals surface area (Å²) in [5.74, 6) is 1.80. The van der Waals surface area contributed by atoms with Gasteiger partial charge in [-0.1, -0.05) is 27.2 Å². The molecule has 0 spiro atoms. The van der Waals surface area contributed by atoms with Crippen LogP contribution in [0.1, 0.15) is 24.0 Å². The first-order valence-corrected chi connectivity index (χ1v) is 7.21. The monoisotopic (exact) mass is 332 g/mol. The minimum Gasteiger partial charge on any atom is -0.338 e. The molecular formula is C11H10BrClN2OS. The second-order valence-corrected chi connectivity index (χ2v) is 6.03. The topological polar surface area (TPSA) is 38.9 Å². The van der Waals surface area contributed by atoms with Crippen LogP contribution in [0.15, 0.2) is 38.2 Å². The van der Waals surface area contributed by atoms with E-state index in [4.69, 9.17) is 16.1 Å². The molecule has 0 aliphatic carbocycles. The van der Waals surface area contributed by atoms with E-state index >= 15 is 0 Å². The van der Waals surface area contributed by atoms with E-state index in [-0.39, 0.29) is 5.38 Å². The van der Waals surface area contributed by atoms with Gasteiger partial charge in [-0.3, -0.25) is 0 Å². The van der Waals surface area contributed by atoms with Gasteiger partial charge in [-0.05, 0) is 25.1 Å². The van der Waals surface area contributed by atoms with Crippen LogP contribution >= 0.6 is 39.3 Å². The van der Waals surface area contributed by atoms with Gasteiger partial charge in [0.25, 0.3) is 0 Å². The average Bonchev–Trinajstić information content (AvgIpc) is 2.75. The van der Waals surface area contributed by atoms with Crippen LogP contribution in [0, 0.1) is 0 Å². The molecule has 0 radical (unpaired) electrons. The molecule has 1 aromatic heterocycles. The van der Waals surface area contributed by atoms with E-state index in [0.717, 1.165) is 9.37 Å². The summed E-state index contributed by atoms with van der Waals surface area (Å²) in [6.07, 6.45) is 0. The molecule has 0 bridgehead atoms. The number of hydrogen-bond donors (Lipinski definition) is 0. The molecule has 0 aliphatic heterocycles. The molecule has 0 fully saturated rings. The molecule has 1 heterocycles. The normalized spacial score (nSPS) is 12.6. The SMILES string of the molecule is CC(Cl)c1nc(CSc2cccc(Br)c2)no1. The molecule has 0 saturated heterocycles. The van der Waals surface area contributed by atoms with E-state index in [1.807, 2.05) is 18.2 Å². The third kappa shape index (κ3) is 3.72. The summed E-state index contributed by atoms with van der Waals surface area (Å²) < 4.78 is 6.08. The van der Waals surface area contributed by atoms with Crippen LogP contribution in [0.5, 0.6) is 0 Å². The molecule has 17 heavy (non-hydrogen) atoms. The first-order valence-electron chi connectivity index (χ1n) is 5.00. The Morgan fingerprint density at radius 2 is 2.35 bits per heavy atom. The van der Waals surface area contributed by atoms with Crippen LogP contribution in [0.2, 0.25) is 0 Å². The molecule has 90 valence electrons. The van der Waals surface area contributed by atoms with Crippen molar-refractivity contribution in [2.75, 3.05) is 0 Å². The van der Waals surface area contributed by atoms with Crippen molar-refractivity contribution in [3.8, 4) is 0 Å². The van der Waals surface area contributed by atoms with Crippen LogP contribution in [-0.4, -0.2) is 10.1 Å². The fourth-order valence-corrected chi connectivity index (χ4v) is 2.63. The number of nitrogens with zero attached hydrogens (tertiary/aromatic N) is 2. The highest BCUT2D eigenvalue weighted by atomic mass is 79.9. The molecular weight excluding hydrogens is 324 g/mol. The third-order valence-corrected chi connectivity index (χ3v) is 3.66. The zero-order chi connectivity index (χ0) is 12.3. The number of rotatable bonds is 4. The van der Waals surface area contributed by atoms with Gasteiger partial charge in [0.15, 0.2) is 5.82 Å². The number of aromatic nitrogens is 2. The molecule has 2 rings (SSSR count). The zero-order valence-electron chi connectivity index (χ0n) is 9.06. The maximum absolute atomic E-state index is 5.85. The Balaban J connectivity index is 1.97. The van der Waals surface area contributed by atoms with Gasteiger partial charge in [0.05, 0.1) is 5.75 Å². The summed E-state index contributed by atoms with van der Waals surface area (Å²) >= 11 is 10.9. The lowest BCUT2D eigenvalue weighted by Crippen LogP contribution is -1.86. The fraction of sp³-hybridized carbons (Fsp3) is 0.273. The standard InChI is InChI=1S/C11H10BrClN2OS/c1-7(13)11-14-10(15-16-11)6-17-9-4-2-3-8(12)5-9/h2-5,7H,6H2,1H3. The molecule has 1 aromatic carbocycles. The van der Waals surface area contributed by atoms with Gasteiger partial charge < -0.3 is 4.52 Å². The van der Waals surface area contributed by atoms with Gasteiger partial charge in [-0.15, -0.1) is 23.4 Å². The molecule has 3 nitrogen and oxygen atoms in total. The highest BCUT2D eigenvalue weighted by molar-refractivity contribution is 9.10. The van der Waals surface area contributed by atoms with Gasteiger partial charge in [0.2, 0.25) is 5.89 Å². The van der Waals surface area contributed by atoms with Crippen LogP contribution in [0.25, 0.3) is 0 Å². The van der Waals surface area contributed by atoms with Crippen molar-refractivity contribution in [3.63, 3.8) is 0 Å². The summed E-state index contributed by atoms with van der Waals surface area (Å²) in [6.45, 7) is 1.81. The van der Waals surface area contributed by atoms with Gasteiger partial charge in [-0.2, -0.15) is 4.98 Å². The number of benzene rings is 1. The van der Waals surface area contributed by atoms with Crippen molar-refractivity contribution in [1.29, 1.82) is 0 Å². The Bertz CT molecular complexity index is 504. The maximum Gasteiger partial charge on any atom is 0.244 e. The smallest absolute Gasteiger partial charge is 0.244 e. The Morgan fingerprint density at radius 1 is 1.53 bits per heavy atom. The lowest BCUT2D eigenvalue weighted by molar-refractivity contribution is 0.375. The Hall–Kier alpha value is -0.520. The van der Waals surface area contributed by atoms with E-state index in [9.17, 15) is 0 Å². The van der Waals surface area contributed by atoms with E-state index in [1.165, 1.54) is 0 Å². The summed E-state index contributed by atoms with van der Waals surface area (Å²) in [7, 11) is 0. The van der Waals surface area contributed by atoms with E-state index < -0.39 is 0 Å². The highest BCUT2D eigenvalue weighted by Crippen LogP contribution is 2.25. The molecule has 0 saturated carbocycles. The molecule has 1 unspecified atom stereocenters. The number of alkyl halides is 1. The second-order valence-electron chi connectivity index (χ2n) is 3.41. The Morgan fingerprint density at radius 3 is 3.00 bits per heavy atom. The summed E-state index contributed by atoms with van der Waals surface area (Å²) in [4.78, 5) is 5.36. The molecule has 0 N–H and O–H groups in total. The number of halogens is 2. The first kappa shape index (κ1) is 12.9. The highest BCUT2D eigenvalue weighted by Gasteiger charge is 2.11. The van der Waals surface area contributed by atoms with Crippen molar-refractivity contribution in [3.05, 3.63) is 40.5 Å². The summed E-state index contributed by atoms with van der Waals surface area (Å²) in [6, 6.07) is 8.08. The van der Waals surface area contributed by atoms with Crippen LogP contribution in [-0.2, 0) is 5.75 Å². The number of hydrogen-bond acceptors (Lipinski definition) is 4. The zero-order valence-corrected chi connectivity index (χ0v) is 12.2. The van der Waals surface area contributed by atoms with Crippen molar-refractivity contribution in [1.82, 2.24) is 10.1 Å². The molecule has 6 heteroatoms. The average molecular weight is 334 g/mol. The van der Waals surface area contributed by atoms with Gasteiger partial charge in [-0.25, -0.2) is 0 Å². The lowest BCUT2D eigenvalue weighted by Gasteiger charge is -1.98. The predicted molar refractivity (Wildman–Crippen MR) is 72.3 cm³/mol. The lowest BCUT2D eigenvalue weighted by atomic mass is 10.4. The fourth-order valence-electron chi connectivity index (χ4n) is 1.19. The summed E-state index contributed by atoms with van der Waals surface area (Å²) in [5, 5.41) is 3.63. The van der Waals surface area contributed by atoms with E-state index in [1.54, 1.807) is 18.7 Å². The summed E-state index contributed by atoms with van der Waals surface area (Å²) in [5.41, 5.74) is 0. The van der Waals surface area contributed by atoms with E-state index in [2.05, 4.69) is 32.1 Å². The maximum atomic E-state index is 5.85. The predicted octanol–water partition coefficient (Wildman–Crippen LogP) is 4.42. The minimum atomic E-state index is -0.243. The Kier molecular flexibility index (Phi) is 4.48. The van der Waals surface area contributed by atoms with Crippen molar-refractivity contribution >= 4 is 39.3 Å². The second kappa shape index (κ2) is 5.89. The van der Waals surface area contributed by atoms with E-state index in [0.29, 0.717) is 17.5 Å². The van der Waals surface area contributed by atoms with Crippen LogP contribution in [0.4, 0.5) is 0 Å². The molecule has 0 amide bonds. The molecule has 1 atom stereocenters. The van der Waals surface area contributed by atoms with Crippen LogP contribution in [0.3, 0.4) is 0 Å². The minimum absolute atomic E-state index is 0.243. The Labute approximate surface area is 117 Å². The first-order chi connectivity index (χ1) is 8.15. The van der Waals surface area contributed by atoms with Crippen molar-refractivity contribution in [2.24, 2.45) is 0 Å². The van der Waals surface area contributed by atoms with Gasteiger partial charge in [0.1, 0.15) is 5.38 Å². The van der Waals surface area contributed by atoms with Gasteiger partial charge >= 0.3 is 0 Å². The molecule has 0 aliphatic rings.